The van der Waals surface area contributed by atoms with Gasteiger partial charge in [-0.05, 0) is 12.8 Å². The van der Waals surface area contributed by atoms with E-state index in [1.807, 2.05) is 0 Å². The fraction of sp³-hybridized carbons (Fsp3) is 0.364. The number of carboxylic acids is 2. The van der Waals surface area contributed by atoms with E-state index in [0.29, 0.717) is 19.4 Å². The Balaban J connectivity index is 2.19. The number of carbonyl (C=O) groups is 3. The van der Waals surface area contributed by atoms with E-state index in [9.17, 15) is 14.4 Å². The van der Waals surface area contributed by atoms with Crippen molar-refractivity contribution in [2.24, 2.45) is 0 Å². The molecule has 1 amide bonds. The summed E-state index contributed by atoms with van der Waals surface area (Å²) in [5, 5.41) is 17.7. The van der Waals surface area contributed by atoms with Crippen LogP contribution in [0.4, 0.5) is 0 Å². The van der Waals surface area contributed by atoms with E-state index < -0.39 is 23.9 Å². The third-order valence-corrected chi connectivity index (χ3v) is 2.89. The lowest BCUT2D eigenvalue weighted by atomic mass is 10.2. The molecule has 1 aromatic heterocycles. The summed E-state index contributed by atoms with van der Waals surface area (Å²) in [5.74, 6) is -2.84. The van der Waals surface area contributed by atoms with Crippen molar-refractivity contribution in [2.45, 2.75) is 18.9 Å². The number of carbonyl (C=O) groups excluding carboxylic acids is 1. The zero-order chi connectivity index (χ0) is 14.0. The van der Waals surface area contributed by atoms with Crippen molar-refractivity contribution in [3.8, 4) is 0 Å². The van der Waals surface area contributed by atoms with Gasteiger partial charge in [0.2, 0.25) is 0 Å². The van der Waals surface area contributed by atoms with Gasteiger partial charge in [0.15, 0.2) is 5.69 Å². The molecule has 0 radical (unpaired) electrons. The van der Waals surface area contributed by atoms with Crippen LogP contribution >= 0.6 is 0 Å². The minimum absolute atomic E-state index is 0.0573. The van der Waals surface area contributed by atoms with Crippen LogP contribution in [0.5, 0.6) is 0 Å². The van der Waals surface area contributed by atoms with Gasteiger partial charge in [0, 0.05) is 6.54 Å². The van der Waals surface area contributed by atoms with Crippen molar-refractivity contribution in [2.75, 3.05) is 6.54 Å². The lowest BCUT2D eigenvalue weighted by molar-refractivity contribution is -0.141. The number of aromatic carboxylic acids is 1. The summed E-state index contributed by atoms with van der Waals surface area (Å²) in [4.78, 5) is 42.2. The number of aromatic nitrogens is 2. The quantitative estimate of drug-likeness (QED) is 0.780. The van der Waals surface area contributed by atoms with Crippen molar-refractivity contribution in [1.82, 2.24) is 14.9 Å². The van der Waals surface area contributed by atoms with Crippen LogP contribution in [0.2, 0.25) is 0 Å². The molecule has 19 heavy (non-hydrogen) atoms. The summed E-state index contributed by atoms with van der Waals surface area (Å²) < 4.78 is 0. The number of carboxylic acid groups (broad SMARTS) is 2. The number of nitrogens with zero attached hydrogens (tertiary/aromatic N) is 3. The molecule has 1 fully saturated rings. The molecule has 2 rings (SSSR count). The van der Waals surface area contributed by atoms with Gasteiger partial charge < -0.3 is 15.1 Å². The van der Waals surface area contributed by atoms with E-state index in [0.717, 1.165) is 12.4 Å². The summed E-state index contributed by atoms with van der Waals surface area (Å²) in [6, 6.07) is -0.853. The highest BCUT2D eigenvalue weighted by Crippen LogP contribution is 2.19. The molecule has 2 N–H and O–H groups in total. The van der Waals surface area contributed by atoms with Crippen molar-refractivity contribution >= 4 is 17.8 Å². The van der Waals surface area contributed by atoms with Gasteiger partial charge in [-0.1, -0.05) is 0 Å². The molecule has 1 aliphatic rings. The Kier molecular flexibility index (Phi) is 3.41. The second kappa shape index (κ2) is 5.01. The fourth-order valence-electron chi connectivity index (χ4n) is 1.96. The highest BCUT2D eigenvalue weighted by atomic mass is 16.4. The summed E-state index contributed by atoms with van der Waals surface area (Å²) in [5.41, 5.74) is -0.328. The maximum absolute atomic E-state index is 12.1. The summed E-state index contributed by atoms with van der Waals surface area (Å²) >= 11 is 0. The van der Waals surface area contributed by atoms with Crippen LogP contribution in [0.1, 0.15) is 33.8 Å². The SMILES string of the molecule is O=C(O)c1cnc(C(=O)N2CCC[C@@H]2C(=O)O)cn1. The second-order valence-electron chi connectivity index (χ2n) is 4.09. The molecule has 0 aromatic carbocycles. The Hall–Kier alpha value is -2.51. The molecule has 100 valence electrons. The highest BCUT2D eigenvalue weighted by Gasteiger charge is 2.35. The molecule has 0 spiro atoms. The molecule has 1 saturated heterocycles. The Bertz CT molecular complexity index is 528. The topological polar surface area (TPSA) is 121 Å². The molecule has 0 aliphatic carbocycles. The van der Waals surface area contributed by atoms with Crippen molar-refractivity contribution in [3.05, 3.63) is 23.8 Å². The lowest BCUT2D eigenvalue weighted by Crippen LogP contribution is -2.40. The molecule has 1 aromatic rings. The van der Waals surface area contributed by atoms with Crippen molar-refractivity contribution in [3.63, 3.8) is 0 Å². The number of amides is 1. The first-order valence-corrected chi connectivity index (χ1v) is 5.60. The van der Waals surface area contributed by atoms with E-state index >= 15 is 0 Å². The first kappa shape index (κ1) is 12.9. The average Bonchev–Trinajstić information content (AvgIpc) is 2.87. The molecule has 1 atom stereocenters. The van der Waals surface area contributed by atoms with Gasteiger partial charge in [-0.15, -0.1) is 0 Å². The monoisotopic (exact) mass is 265 g/mol. The Morgan fingerprint density at radius 2 is 1.79 bits per heavy atom. The van der Waals surface area contributed by atoms with Gasteiger partial charge >= 0.3 is 11.9 Å². The van der Waals surface area contributed by atoms with E-state index in [4.69, 9.17) is 10.2 Å². The molecule has 0 unspecified atom stereocenters. The van der Waals surface area contributed by atoms with Crippen LogP contribution in [0, 0.1) is 0 Å². The Morgan fingerprint density at radius 3 is 2.32 bits per heavy atom. The molecule has 8 nitrogen and oxygen atoms in total. The number of hydrogen-bond donors (Lipinski definition) is 2. The van der Waals surface area contributed by atoms with Crippen LogP contribution in [0.15, 0.2) is 12.4 Å². The Morgan fingerprint density at radius 1 is 1.16 bits per heavy atom. The largest absolute Gasteiger partial charge is 0.480 e. The predicted molar refractivity (Wildman–Crippen MR) is 60.7 cm³/mol. The molecule has 0 saturated carbocycles. The number of likely N-dealkylation sites (tertiary alicyclic amines) is 1. The molecular weight excluding hydrogens is 254 g/mol. The fourth-order valence-corrected chi connectivity index (χ4v) is 1.96. The minimum atomic E-state index is -1.24. The third kappa shape index (κ3) is 2.51. The number of rotatable bonds is 3. The van der Waals surface area contributed by atoms with Crippen LogP contribution in [0.25, 0.3) is 0 Å². The van der Waals surface area contributed by atoms with Crippen LogP contribution in [-0.2, 0) is 4.79 Å². The second-order valence-corrected chi connectivity index (χ2v) is 4.09. The maximum atomic E-state index is 12.1. The molecule has 0 bridgehead atoms. The van der Waals surface area contributed by atoms with E-state index in [1.54, 1.807) is 0 Å². The zero-order valence-electron chi connectivity index (χ0n) is 9.81. The van der Waals surface area contributed by atoms with Gasteiger partial charge in [0.05, 0.1) is 12.4 Å². The van der Waals surface area contributed by atoms with Gasteiger partial charge in [0.25, 0.3) is 5.91 Å². The van der Waals surface area contributed by atoms with Crippen LogP contribution in [-0.4, -0.2) is 55.5 Å². The Labute approximate surface area is 107 Å². The van der Waals surface area contributed by atoms with Gasteiger partial charge in [-0.2, -0.15) is 0 Å². The summed E-state index contributed by atoms with van der Waals surface area (Å²) in [7, 11) is 0. The van der Waals surface area contributed by atoms with Crippen LogP contribution < -0.4 is 0 Å². The first-order chi connectivity index (χ1) is 9.00. The lowest BCUT2D eigenvalue weighted by Gasteiger charge is -2.20. The van der Waals surface area contributed by atoms with Crippen LogP contribution in [0.3, 0.4) is 0 Å². The number of hydrogen-bond acceptors (Lipinski definition) is 5. The average molecular weight is 265 g/mol. The van der Waals surface area contributed by atoms with Crippen molar-refractivity contribution < 1.29 is 24.6 Å². The normalized spacial score (nSPS) is 18.3. The number of aliphatic carboxylic acids is 1. The predicted octanol–water partition coefficient (Wildman–Crippen LogP) is -0.136. The van der Waals surface area contributed by atoms with E-state index in [2.05, 4.69) is 9.97 Å². The summed E-state index contributed by atoms with van der Waals surface area (Å²) in [6.07, 6.45) is 3.04. The van der Waals surface area contributed by atoms with Crippen molar-refractivity contribution in [1.29, 1.82) is 0 Å². The van der Waals surface area contributed by atoms with Gasteiger partial charge in [-0.25, -0.2) is 19.6 Å². The first-order valence-electron chi connectivity index (χ1n) is 5.60. The highest BCUT2D eigenvalue weighted by molar-refractivity contribution is 5.95. The molecular formula is C11H11N3O5. The molecule has 8 heteroatoms. The minimum Gasteiger partial charge on any atom is -0.480 e. The zero-order valence-corrected chi connectivity index (χ0v) is 9.81. The van der Waals surface area contributed by atoms with E-state index in [1.165, 1.54) is 4.90 Å². The molecule has 1 aliphatic heterocycles. The smallest absolute Gasteiger partial charge is 0.356 e. The van der Waals surface area contributed by atoms with E-state index in [-0.39, 0.29) is 11.4 Å². The maximum Gasteiger partial charge on any atom is 0.356 e. The molecule has 2 heterocycles. The standard InChI is InChI=1S/C11H11N3O5/c15-9(14-3-1-2-8(14)11(18)19)6-4-13-7(5-12-6)10(16)17/h4-5,8H,1-3H2,(H,16,17)(H,18,19)/t8-/m1/s1. The van der Waals surface area contributed by atoms with Gasteiger partial charge in [-0.3, -0.25) is 4.79 Å². The van der Waals surface area contributed by atoms with Gasteiger partial charge in [0.1, 0.15) is 11.7 Å². The third-order valence-electron chi connectivity index (χ3n) is 2.89. The summed E-state index contributed by atoms with van der Waals surface area (Å²) in [6.45, 7) is 0.345.